The van der Waals surface area contributed by atoms with E-state index in [1.165, 1.54) is 28.9 Å². The van der Waals surface area contributed by atoms with Crippen molar-refractivity contribution in [2.24, 2.45) is 0 Å². The van der Waals surface area contributed by atoms with Crippen molar-refractivity contribution in [2.75, 3.05) is 5.32 Å². The van der Waals surface area contributed by atoms with Crippen molar-refractivity contribution in [2.45, 2.75) is 13.5 Å². The third kappa shape index (κ3) is 4.15. The van der Waals surface area contributed by atoms with Crippen LogP contribution in [0.1, 0.15) is 16.4 Å². The highest BCUT2D eigenvalue weighted by Gasteiger charge is 2.16. The molecule has 6 nitrogen and oxygen atoms in total. The fourth-order valence-corrected chi connectivity index (χ4v) is 2.43. The van der Waals surface area contributed by atoms with Gasteiger partial charge in [-0.3, -0.25) is 4.79 Å². The molecular formula is C17H13ClF2N4O2. The Bertz CT molecular complexity index is 929. The number of aromatic nitrogens is 3. The fraction of sp³-hybridized carbons (Fsp3) is 0.118. The van der Waals surface area contributed by atoms with Crippen molar-refractivity contribution in [1.82, 2.24) is 14.8 Å². The lowest BCUT2D eigenvalue weighted by Gasteiger charge is -2.06. The average molecular weight is 379 g/mol. The van der Waals surface area contributed by atoms with Gasteiger partial charge < -0.3 is 10.1 Å². The number of amides is 1. The van der Waals surface area contributed by atoms with Crippen LogP contribution in [0.4, 0.5) is 14.5 Å². The topological polar surface area (TPSA) is 69.0 Å². The Morgan fingerprint density at radius 1 is 1.23 bits per heavy atom. The van der Waals surface area contributed by atoms with E-state index < -0.39 is 12.5 Å². The number of benzene rings is 2. The molecule has 1 aromatic heterocycles. The van der Waals surface area contributed by atoms with Gasteiger partial charge in [-0.15, -0.1) is 5.10 Å². The molecule has 0 aliphatic heterocycles. The van der Waals surface area contributed by atoms with E-state index in [2.05, 4.69) is 20.1 Å². The molecule has 1 N–H and O–H groups in total. The average Bonchev–Trinajstić information content (AvgIpc) is 2.98. The van der Waals surface area contributed by atoms with Gasteiger partial charge in [0.25, 0.3) is 5.91 Å². The van der Waals surface area contributed by atoms with Crippen LogP contribution in [-0.2, 0) is 0 Å². The van der Waals surface area contributed by atoms with Crippen LogP contribution >= 0.6 is 11.6 Å². The molecule has 134 valence electrons. The van der Waals surface area contributed by atoms with Gasteiger partial charge in [-0.25, -0.2) is 9.67 Å². The molecule has 1 amide bonds. The van der Waals surface area contributed by atoms with Crippen LogP contribution in [0.15, 0.2) is 48.5 Å². The first-order chi connectivity index (χ1) is 12.4. The molecule has 1 heterocycles. The standard InChI is InChI=1S/C17H13ClF2N4O2/c1-10-21-15(23-24(10)13-4-2-3-11(18)9-13)16(25)22-12-5-7-14(8-6-12)26-17(19)20/h2-9,17H,1H3,(H,22,25). The maximum Gasteiger partial charge on any atom is 0.387 e. The van der Waals surface area contributed by atoms with Gasteiger partial charge in [-0.2, -0.15) is 8.78 Å². The predicted octanol–water partition coefficient (Wildman–Crippen LogP) is 4.08. The quantitative estimate of drug-likeness (QED) is 0.726. The number of aryl methyl sites for hydroxylation is 1. The van der Waals surface area contributed by atoms with Gasteiger partial charge in [0.15, 0.2) is 0 Å². The van der Waals surface area contributed by atoms with Crippen LogP contribution in [0, 0.1) is 6.92 Å². The van der Waals surface area contributed by atoms with Crippen molar-refractivity contribution in [3.8, 4) is 11.4 Å². The number of nitrogens with one attached hydrogen (secondary N) is 1. The number of carbonyl (C=O) groups is 1. The molecule has 0 atom stereocenters. The molecule has 26 heavy (non-hydrogen) atoms. The van der Waals surface area contributed by atoms with Gasteiger partial charge >= 0.3 is 6.61 Å². The first kappa shape index (κ1) is 17.8. The minimum Gasteiger partial charge on any atom is -0.435 e. The normalized spacial score (nSPS) is 10.8. The molecule has 0 aliphatic carbocycles. The molecule has 0 radical (unpaired) electrons. The Morgan fingerprint density at radius 2 is 1.96 bits per heavy atom. The number of hydrogen-bond donors (Lipinski definition) is 1. The molecule has 3 rings (SSSR count). The molecule has 0 fully saturated rings. The lowest BCUT2D eigenvalue weighted by atomic mass is 10.3. The molecule has 9 heteroatoms. The zero-order chi connectivity index (χ0) is 18.7. The minimum atomic E-state index is -2.90. The summed E-state index contributed by atoms with van der Waals surface area (Å²) in [5, 5.41) is 7.32. The van der Waals surface area contributed by atoms with Crippen LogP contribution in [0.25, 0.3) is 5.69 Å². The molecule has 0 unspecified atom stereocenters. The highest BCUT2D eigenvalue weighted by molar-refractivity contribution is 6.30. The van der Waals surface area contributed by atoms with Crippen LogP contribution in [-0.4, -0.2) is 27.3 Å². The second kappa shape index (κ2) is 7.49. The number of alkyl halides is 2. The van der Waals surface area contributed by atoms with Crippen molar-refractivity contribution in [3.05, 3.63) is 65.2 Å². The summed E-state index contributed by atoms with van der Waals surface area (Å²) in [6.45, 7) is -1.20. The van der Waals surface area contributed by atoms with E-state index in [0.717, 1.165) is 0 Å². The molecule has 0 saturated heterocycles. The Balaban J connectivity index is 1.75. The van der Waals surface area contributed by atoms with Crippen LogP contribution < -0.4 is 10.1 Å². The third-order valence-electron chi connectivity index (χ3n) is 3.36. The van der Waals surface area contributed by atoms with Crippen molar-refractivity contribution >= 4 is 23.2 Å². The zero-order valence-corrected chi connectivity index (χ0v) is 14.2. The summed E-state index contributed by atoms with van der Waals surface area (Å²) in [4.78, 5) is 16.5. The number of ether oxygens (including phenoxy) is 1. The monoisotopic (exact) mass is 378 g/mol. The SMILES string of the molecule is Cc1nc(C(=O)Nc2ccc(OC(F)F)cc2)nn1-c1cccc(Cl)c1. The van der Waals surface area contributed by atoms with Crippen LogP contribution in [0.2, 0.25) is 5.02 Å². The Labute approximate surface area is 152 Å². The predicted molar refractivity (Wildman–Crippen MR) is 92.1 cm³/mol. The summed E-state index contributed by atoms with van der Waals surface area (Å²) in [6.07, 6.45) is 0. The van der Waals surface area contributed by atoms with Gasteiger partial charge in [0.2, 0.25) is 5.82 Å². The highest BCUT2D eigenvalue weighted by Crippen LogP contribution is 2.19. The van der Waals surface area contributed by atoms with E-state index in [0.29, 0.717) is 22.2 Å². The summed E-state index contributed by atoms with van der Waals surface area (Å²) in [7, 11) is 0. The largest absolute Gasteiger partial charge is 0.435 e. The van der Waals surface area contributed by atoms with E-state index in [4.69, 9.17) is 11.6 Å². The fourth-order valence-electron chi connectivity index (χ4n) is 2.25. The molecule has 3 aromatic rings. The van der Waals surface area contributed by atoms with E-state index in [1.54, 1.807) is 31.2 Å². The maximum absolute atomic E-state index is 12.3. The third-order valence-corrected chi connectivity index (χ3v) is 3.60. The van der Waals surface area contributed by atoms with Gasteiger partial charge in [-0.05, 0) is 49.4 Å². The Morgan fingerprint density at radius 3 is 2.62 bits per heavy atom. The summed E-state index contributed by atoms with van der Waals surface area (Å²) in [5.74, 6) is -0.0536. The first-order valence-electron chi connectivity index (χ1n) is 7.48. The first-order valence-corrected chi connectivity index (χ1v) is 7.86. The van der Waals surface area contributed by atoms with Crippen molar-refractivity contribution in [3.63, 3.8) is 0 Å². The van der Waals surface area contributed by atoms with E-state index >= 15 is 0 Å². The molecular weight excluding hydrogens is 366 g/mol. The molecule has 0 aliphatic rings. The van der Waals surface area contributed by atoms with Crippen LogP contribution in [0.5, 0.6) is 5.75 Å². The summed E-state index contributed by atoms with van der Waals surface area (Å²) < 4.78 is 30.0. The lowest BCUT2D eigenvalue weighted by Crippen LogP contribution is -2.14. The second-order valence-corrected chi connectivity index (χ2v) is 5.67. The van der Waals surface area contributed by atoms with Gasteiger partial charge in [-0.1, -0.05) is 17.7 Å². The number of hydrogen-bond acceptors (Lipinski definition) is 4. The molecule has 0 bridgehead atoms. The second-order valence-electron chi connectivity index (χ2n) is 5.23. The minimum absolute atomic E-state index is 0.00259. The summed E-state index contributed by atoms with van der Waals surface area (Å²) in [5.41, 5.74) is 1.07. The smallest absolute Gasteiger partial charge is 0.387 e. The maximum atomic E-state index is 12.3. The number of halogens is 3. The van der Waals surface area contributed by atoms with Gasteiger partial charge in [0, 0.05) is 10.7 Å². The van der Waals surface area contributed by atoms with Crippen molar-refractivity contribution in [1.29, 1.82) is 0 Å². The summed E-state index contributed by atoms with van der Waals surface area (Å²) >= 11 is 5.97. The zero-order valence-electron chi connectivity index (χ0n) is 13.5. The number of nitrogens with zero attached hydrogens (tertiary/aromatic N) is 3. The molecule has 0 saturated carbocycles. The van der Waals surface area contributed by atoms with E-state index in [9.17, 15) is 13.6 Å². The molecule has 0 spiro atoms. The lowest BCUT2D eigenvalue weighted by molar-refractivity contribution is -0.0498. The van der Waals surface area contributed by atoms with E-state index in [1.807, 2.05) is 0 Å². The highest BCUT2D eigenvalue weighted by atomic mass is 35.5. The van der Waals surface area contributed by atoms with Crippen molar-refractivity contribution < 1.29 is 18.3 Å². The van der Waals surface area contributed by atoms with E-state index in [-0.39, 0.29) is 11.6 Å². The number of anilines is 1. The molecule has 2 aromatic carbocycles. The Kier molecular flexibility index (Phi) is 5.13. The number of carbonyl (C=O) groups excluding carboxylic acids is 1. The Hall–Kier alpha value is -3.00. The van der Waals surface area contributed by atoms with Crippen LogP contribution in [0.3, 0.4) is 0 Å². The summed E-state index contributed by atoms with van der Waals surface area (Å²) in [6, 6.07) is 12.5. The number of rotatable bonds is 5. The van der Waals surface area contributed by atoms with Gasteiger partial charge in [0.1, 0.15) is 11.6 Å². The van der Waals surface area contributed by atoms with Gasteiger partial charge in [0.05, 0.1) is 5.69 Å².